The van der Waals surface area contributed by atoms with Crippen LogP contribution in [0.5, 0.6) is 0 Å². The van der Waals surface area contributed by atoms with Crippen molar-refractivity contribution in [2.45, 2.75) is 31.7 Å². The summed E-state index contributed by atoms with van der Waals surface area (Å²) < 4.78 is 40.8. The topological polar surface area (TPSA) is 96.5 Å². The van der Waals surface area contributed by atoms with E-state index in [0.717, 1.165) is 0 Å². The normalized spacial score (nSPS) is 20.7. The van der Waals surface area contributed by atoms with E-state index >= 15 is 0 Å². The van der Waals surface area contributed by atoms with Gasteiger partial charge in [0.05, 0.1) is 12.1 Å². The Morgan fingerprint density at radius 3 is 2.56 bits per heavy atom. The second-order valence-corrected chi connectivity index (χ2v) is 5.63. The Morgan fingerprint density at radius 2 is 2.00 bits per heavy atom. The molecular formula is C14H13F3N6O2. The Morgan fingerprint density at radius 1 is 1.32 bits per heavy atom. The molecule has 0 unspecified atom stereocenters. The fourth-order valence-electron chi connectivity index (χ4n) is 2.50. The van der Waals surface area contributed by atoms with E-state index in [0.29, 0.717) is 11.3 Å². The van der Waals surface area contributed by atoms with Crippen LogP contribution in [0.15, 0.2) is 35.7 Å². The molecule has 0 radical (unpaired) electrons. The van der Waals surface area contributed by atoms with E-state index < -0.39 is 24.2 Å². The number of hydrazone groups is 1. The Balaban J connectivity index is 1.77. The Bertz CT molecular complexity index is 803. The van der Waals surface area contributed by atoms with Crippen LogP contribution in [0.3, 0.4) is 0 Å². The van der Waals surface area contributed by atoms with Crippen LogP contribution < -0.4 is 0 Å². The maximum Gasteiger partial charge on any atom is 0.438 e. The van der Waals surface area contributed by atoms with Gasteiger partial charge >= 0.3 is 6.18 Å². The van der Waals surface area contributed by atoms with Crippen LogP contribution in [0, 0.1) is 0 Å². The number of carbonyl (C=O) groups excluding carboxylic acids is 1. The molecule has 132 valence electrons. The minimum absolute atomic E-state index is 0.0298. The summed E-state index contributed by atoms with van der Waals surface area (Å²) in [5.74, 6) is -0.952. The van der Waals surface area contributed by atoms with Crippen LogP contribution in [-0.2, 0) is 11.2 Å². The van der Waals surface area contributed by atoms with Crippen molar-refractivity contribution >= 4 is 11.6 Å². The van der Waals surface area contributed by atoms with Crippen molar-refractivity contribution in [3.05, 3.63) is 36.2 Å². The maximum absolute atomic E-state index is 13.1. The van der Waals surface area contributed by atoms with Crippen molar-refractivity contribution in [3.63, 3.8) is 0 Å². The molecule has 1 N–H and O–H groups in total. The molecule has 0 spiro atoms. The molecule has 0 bridgehead atoms. The molecule has 1 aromatic carbocycles. The monoisotopic (exact) mass is 354 g/mol. The smallest absolute Gasteiger partial charge is 0.362 e. The van der Waals surface area contributed by atoms with Crippen molar-refractivity contribution in [1.29, 1.82) is 0 Å². The summed E-state index contributed by atoms with van der Waals surface area (Å²) in [5.41, 5.74) is -2.18. The first kappa shape index (κ1) is 17.0. The lowest BCUT2D eigenvalue weighted by Crippen LogP contribution is -2.57. The van der Waals surface area contributed by atoms with Gasteiger partial charge in [-0.25, -0.2) is 4.68 Å². The molecular weight excluding hydrogens is 341 g/mol. The van der Waals surface area contributed by atoms with Gasteiger partial charge in [-0.2, -0.15) is 23.3 Å². The van der Waals surface area contributed by atoms with Gasteiger partial charge in [0.25, 0.3) is 5.72 Å². The second kappa shape index (κ2) is 5.92. The lowest BCUT2D eigenvalue weighted by molar-refractivity contribution is -0.302. The van der Waals surface area contributed by atoms with E-state index in [9.17, 15) is 23.1 Å². The molecule has 0 saturated heterocycles. The summed E-state index contributed by atoms with van der Waals surface area (Å²) in [6.45, 7) is 1.32. The van der Waals surface area contributed by atoms with Crippen LogP contribution >= 0.6 is 0 Å². The van der Waals surface area contributed by atoms with Gasteiger partial charge in [-0.3, -0.25) is 4.79 Å². The van der Waals surface area contributed by atoms with Crippen LogP contribution in [0.4, 0.5) is 13.2 Å². The van der Waals surface area contributed by atoms with Crippen LogP contribution in [-0.4, -0.2) is 53.8 Å². The summed E-state index contributed by atoms with van der Waals surface area (Å²) in [7, 11) is 0. The van der Waals surface area contributed by atoms with Crippen LogP contribution in [0.25, 0.3) is 5.69 Å². The molecule has 1 aromatic heterocycles. The standard InChI is InChI=1S/C14H13F3N6O2/c1-9-7-13(25,14(15,16)17)23(19-9)12(24)6-10-2-4-11(5-3-10)22-8-18-20-21-22/h2-5,8,25H,6-7H2,1H3/t13-/m0/s1. The molecule has 1 aliphatic rings. The maximum atomic E-state index is 13.1. The quantitative estimate of drug-likeness (QED) is 0.889. The number of nitrogens with zero attached hydrogens (tertiary/aromatic N) is 6. The van der Waals surface area contributed by atoms with Crippen molar-refractivity contribution in [2.75, 3.05) is 0 Å². The summed E-state index contributed by atoms with van der Waals surface area (Å²) in [5, 5.41) is 24.3. The van der Waals surface area contributed by atoms with Gasteiger partial charge in [0.1, 0.15) is 6.33 Å². The van der Waals surface area contributed by atoms with E-state index in [4.69, 9.17) is 0 Å². The third-order valence-electron chi connectivity index (χ3n) is 3.72. The Kier molecular flexibility index (Phi) is 4.03. The van der Waals surface area contributed by atoms with Crippen LogP contribution in [0.2, 0.25) is 0 Å². The van der Waals surface area contributed by atoms with Gasteiger partial charge in [0.2, 0.25) is 5.91 Å². The van der Waals surface area contributed by atoms with Crippen molar-refractivity contribution in [2.24, 2.45) is 5.10 Å². The zero-order chi connectivity index (χ0) is 18.2. The number of halogens is 3. The highest BCUT2D eigenvalue weighted by Gasteiger charge is 2.62. The van der Waals surface area contributed by atoms with Crippen molar-refractivity contribution < 1.29 is 23.1 Å². The number of aliphatic hydroxyl groups is 1. The highest BCUT2D eigenvalue weighted by Crippen LogP contribution is 2.40. The van der Waals surface area contributed by atoms with Gasteiger partial charge < -0.3 is 5.11 Å². The number of rotatable bonds is 3. The van der Waals surface area contributed by atoms with E-state index in [1.54, 1.807) is 24.3 Å². The molecule has 8 nitrogen and oxygen atoms in total. The minimum atomic E-state index is -5.01. The number of hydrogen-bond acceptors (Lipinski definition) is 6. The van der Waals surface area contributed by atoms with E-state index in [1.807, 2.05) is 0 Å². The molecule has 3 rings (SSSR count). The first-order valence-electron chi connectivity index (χ1n) is 7.19. The molecule has 2 aromatic rings. The zero-order valence-electron chi connectivity index (χ0n) is 13.0. The number of tetrazole rings is 1. The average molecular weight is 354 g/mol. The lowest BCUT2D eigenvalue weighted by Gasteiger charge is -2.32. The van der Waals surface area contributed by atoms with Gasteiger partial charge in [0, 0.05) is 12.1 Å². The number of amides is 1. The Labute approximate surface area is 139 Å². The molecule has 11 heteroatoms. The zero-order valence-corrected chi connectivity index (χ0v) is 13.0. The minimum Gasteiger partial charge on any atom is -0.362 e. The summed E-state index contributed by atoms with van der Waals surface area (Å²) in [6.07, 6.45) is -4.73. The summed E-state index contributed by atoms with van der Waals surface area (Å²) >= 11 is 0. The van der Waals surface area contributed by atoms with E-state index in [1.165, 1.54) is 17.9 Å². The van der Waals surface area contributed by atoms with Gasteiger partial charge in [0.15, 0.2) is 0 Å². The number of carbonyl (C=O) groups is 1. The third-order valence-corrected chi connectivity index (χ3v) is 3.72. The molecule has 25 heavy (non-hydrogen) atoms. The van der Waals surface area contributed by atoms with E-state index in [-0.39, 0.29) is 17.1 Å². The van der Waals surface area contributed by atoms with E-state index in [2.05, 4.69) is 20.6 Å². The summed E-state index contributed by atoms with van der Waals surface area (Å²) in [4.78, 5) is 12.3. The number of alkyl halides is 3. The van der Waals surface area contributed by atoms with Crippen LogP contribution in [0.1, 0.15) is 18.9 Å². The molecule has 0 aliphatic carbocycles. The fraction of sp³-hybridized carbons (Fsp3) is 0.357. The largest absolute Gasteiger partial charge is 0.438 e. The predicted octanol–water partition coefficient (Wildman–Crippen LogP) is 1.06. The summed E-state index contributed by atoms with van der Waals surface area (Å²) in [6, 6.07) is 6.36. The third kappa shape index (κ3) is 3.09. The first-order chi connectivity index (χ1) is 11.7. The molecule has 0 fully saturated rings. The Hall–Kier alpha value is -2.82. The highest BCUT2D eigenvalue weighted by atomic mass is 19.4. The molecule has 1 atom stereocenters. The second-order valence-electron chi connectivity index (χ2n) is 5.63. The predicted molar refractivity (Wildman–Crippen MR) is 78.4 cm³/mol. The molecule has 1 amide bonds. The molecule has 2 heterocycles. The fourth-order valence-corrected chi connectivity index (χ4v) is 2.50. The number of hydrogen-bond donors (Lipinski definition) is 1. The molecule has 0 saturated carbocycles. The van der Waals surface area contributed by atoms with Crippen molar-refractivity contribution in [3.8, 4) is 5.69 Å². The molecule has 1 aliphatic heterocycles. The SMILES string of the molecule is CC1=NN(C(=O)Cc2ccc(-n3cnnn3)cc2)[C@@](O)(C(F)(F)F)C1. The number of benzene rings is 1. The van der Waals surface area contributed by atoms with Gasteiger partial charge in [-0.1, -0.05) is 12.1 Å². The van der Waals surface area contributed by atoms with Gasteiger partial charge in [-0.15, -0.1) is 5.10 Å². The van der Waals surface area contributed by atoms with Crippen molar-refractivity contribution in [1.82, 2.24) is 25.2 Å². The highest BCUT2D eigenvalue weighted by molar-refractivity contribution is 5.89. The number of aromatic nitrogens is 4. The average Bonchev–Trinajstić information content (AvgIpc) is 3.16. The lowest BCUT2D eigenvalue weighted by atomic mass is 10.1. The first-order valence-corrected chi connectivity index (χ1v) is 7.19. The van der Waals surface area contributed by atoms with Gasteiger partial charge in [-0.05, 0) is 35.0 Å².